The van der Waals surface area contributed by atoms with E-state index >= 15 is 0 Å². The van der Waals surface area contributed by atoms with Gasteiger partial charge in [-0.25, -0.2) is 23.0 Å². The van der Waals surface area contributed by atoms with Gasteiger partial charge in [0.15, 0.2) is 0 Å². The Morgan fingerprint density at radius 1 is 0.472 bits per heavy atom. The number of benzene rings is 2. The van der Waals surface area contributed by atoms with E-state index in [2.05, 4.69) is 159 Å². The number of allylic oxidation sites excluding steroid dienone is 4. The van der Waals surface area contributed by atoms with Crippen molar-refractivity contribution in [2.24, 2.45) is 70.0 Å². The molecule has 0 nitrogen and oxygen atoms in total. The van der Waals surface area contributed by atoms with Gasteiger partial charge in [0.05, 0.1) is 0 Å². The quantitative estimate of drug-likeness (QED) is 0.247. The van der Waals surface area contributed by atoms with Crippen LogP contribution in [0.1, 0.15) is 133 Å². The second-order valence-electron chi connectivity index (χ2n) is 19.7. The summed E-state index contributed by atoms with van der Waals surface area (Å²) in [4.78, 5) is 0. The van der Waals surface area contributed by atoms with Crippen molar-refractivity contribution in [2.75, 3.05) is 0 Å². The maximum atomic E-state index is 2.59. The van der Waals surface area contributed by atoms with Crippen molar-refractivity contribution in [1.82, 2.24) is 0 Å². The molecule has 8 rings (SSSR count). The SMILES string of the molecule is C[C-]1C2=C3Cc4ccccc4C3(C)C(C)C(C)C2(C)C(C)C(C)C1C.C[C-]1C2=C3Cc4ccccc4C3(C)C(C)C(C)C2(C)C(C)C(C)C1C.[Cl-].[Cl-].[Zr+4]. The van der Waals surface area contributed by atoms with Crippen molar-refractivity contribution in [2.45, 2.75) is 134 Å². The normalized spacial score (nSPS) is 43.3. The molecule has 0 N–H and O–H groups in total. The Labute approximate surface area is 358 Å². The minimum Gasteiger partial charge on any atom is -1.00 e. The molecule has 2 fully saturated rings. The Kier molecular flexibility index (Phi) is 12.5. The van der Waals surface area contributed by atoms with E-state index in [0.717, 1.165) is 23.7 Å². The summed E-state index contributed by atoms with van der Waals surface area (Å²) in [6.07, 6.45) is 2.33. The first kappa shape index (κ1) is 44.8. The summed E-state index contributed by atoms with van der Waals surface area (Å²) in [7, 11) is 0. The van der Waals surface area contributed by atoms with E-state index in [9.17, 15) is 0 Å². The molecule has 288 valence electrons. The summed E-state index contributed by atoms with van der Waals surface area (Å²) in [5.74, 6) is 10.5. The third kappa shape index (κ3) is 5.55. The molecule has 0 radical (unpaired) electrons. The Morgan fingerprint density at radius 3 is 1.09 bits per heavy atom. The first-order valence-electron chi connectivity index (χ1n) is 20.7. The van der Waals surface area contributed by atoms with Gasteiger partial charge in [-0.05, 0) is 69.0 Å². The van der Waals surface area contributed by atoms with Crippen LogP contribution in [0.15, 0.2) is 70.8 Å². The fourth-order valence-corrected chi connectivity index (χ4v) is 14.1. The average molecular weight is 833 g/mol. The molecule has 0 saturated heterocycles. The van der Waals surface area contributed by atoms with E-state index < -0.39 is 0 Å². The minimum absolute atomic E-state index is 0. The molecule has 14 unspecified atom stereocenters. The van der Waals surface area contributed by atoms with E-state index in [1.165, 1.54) is 12.8 Å². The van der Waals surface area contributed by atoms with Crippen molar-refractivity contribution in [3.8, 4) is 0 Å². The van der Waals surface area contributed by atoms with Crippen molar-refractivity contribution >= 4 is 0 Å². The van der Waals surface area contributed by atoms with Gasteiger partial charge in [0.25, 0.3) is 0 Å². The summed E-state index contributed by atoms with van der Waals surface area (Å²) in [6, 6.07) is 18.5. The third-order valence-electron chi connectivity index (χ3n) is 19.2. The number of hydrogen-bond donors (Lipinski definition) is 0. The van der Waals surface area contributed by atoms with Crippen molar-refractivity contribution in [3.05, 3.63) is 105 Å². The van der Waals surface area contributed by atoms with Gasteiger partial charge in [0, 0.05) is 0 Å². The van der Waals surface area contributed by atoms with Gasteiger partial charge in [-0.15, -0.1) is 13.8 Å². The zero-order chi connectivity index (χ0) is 36.6. The zero-order valence-corrected chi connectivity index (χ0v) is 40.0. The molecule has 0 spiro atoms. The molecular weight excluding hydrogens is 763 g/mol. The molecule has 6 aliphatic rings. The zero-order valence-electron chi connectivity index (χ0n) is 36.1. The standard InChI is InChI=1S/2C25H35.2ClH.Zr/c2*1-14-15(2)17(4)24(7)18(5)19(6)25(8)21-12-10-9-11-20(21)13-22(25)23(24)16(14)3;;;/h2*9-12,14-15,17-19H,13H2,1-8H3;2*1H;/q2*-1;;;+4/p-2. The monoisotopic (exact) mass is 830 g/mol. The summed E-state index contributed by atoms with van der Waals surface area (Å²) < 4.78 is 0. The second-order valence-corrected chi connectivity index (χ2v) is 19.7. The third-order valence-corrected chi connectivity index (χ3v) is 19.2. The molecule has 6 aliphatic carbocycles. The molecule has 0 amide bonds. The molecule has 0 aromatic heterocycles. The van der Waals surface area contributed by atoms with Crippen LogP contribution in [-0.2, 0) is 49.9 Å². The summed E-state index contributed by atoms with van der Waals surface area (Å²) in [5.41, 5.74) is 14.4. The van der Waals surface area contributed by atoms with Crippen LogP contribution < -0.4 is 24.8 Å². The maximum Gasteiger partial charge on any atom is 4.00 e. The van der Waals surface area contributed by atoms with Gasteiger partial charge in [-0.1, -0.05) is 192 Å². The van der Waals surface area contributed by atoms with Crippen LogP contribution in [0.2, 0.25) is 0 Å². The van der Waals surface area contributed by atoms with Gasteiger partial charge in [0.2, 0.25) is 0 Å². The number of fused-ring (bicyclic) bond motifs is 8. The Balaban J connectivity index is 0.000000224. The van der Waals surface area contributed by atoms with Gasteiger partial charge in [0.1, 0.15) is 0 Å². The van der Waals surface area contributed by atoms with E-state index in [4.69, 9.17) is 0 Å². The molecule has 2 saturated carbocycles. The summed E-state index contributed by atoms with van der Waals surface area (Å²) in [5, 5.41) is 0. The van der Waals surface area contributed by atoms with Crippen LogP contribution in [0.4, 0.5) is 0 Å². The molecular formula is C50H70Cl2Zr. The van der Waals surface area contributed by atoms with Gasteiger partial charge in [-0.2, -0.15) is 11.1 Å². The average Bonchev–Trinajstić information content (AvgIpc) is 3.58. The number of hydrogen-bond acceptors (Lipinski definition) is 0. The molecule has 2 aromatic carbocycles. The maximum absolute atomic E-state index is 2.59. The Hall–Kier alpha value is -0.877. The largest absolute Gasteiger partial charge is 4.00 e. The number of halogens is 2. The molecule has 3 heteroatoms. The first-order valence-corrected chi connectivity index (χ1v) is 20.7. The van der Waals surface area contributed by atoms with Crippen LogP contribution in [0.5, 0.6) is 0 Å². The molecule has 0 aliphatic heterocycles. The molecule has 2 aromatic rings. The van der Waals surface area contributed by atoms with Crippen LogP contribution >= 0.6 is 0 Å². The minimum atomic E-state index is 0. The summed E-state index contributed by atoms with van der Waals surface area (Å²) >= 11 is 0. The van der Waals surface area contributed by atoms with Gasteiger partial charge in [-0.3, -0.25) is 0 Å². The second kappa shape index (κ2) is 14.8. The van der Waals surface area contributed by atoms with Crippen LogP contribution in [0.3, 0.4) is 0 Å². The van der Waals surface area contributed by atoms with E-state index in [-0.39, 0.29) is 61.8 Å². The Bertz CT molecular complexity index is 1630. The summed E-state index contributed by atoms with van der Waals surface area (Å²) in [6.45, 7) is 40.3. The van der Waals surface area contributed by atoms with E-state index in [1.54, 1.807) is 56.4 Å². The van der Waals surface area contributed by atoms with E-state index in [1.807, 2.05) is 0 Å². The predicted molar refractivity (Wildman–Crippen MR) is 215 cm³/mol. The fourth-order valence-electron chi connectivity index (χ4n) is 14.1. The topological polar surface area (TPSA) is 0 Å². The smallest absolute Gasteiger partial charge is 1.00 e. The molecule has 53 heavy (non-hydrogen) atoms. The van der Waals surface area contributed by atoms with Crippen molar-refractivity contribution in [3.63, 3.8) is 0 Å². The first-order chi connectivity index (χ1) is 23.3. The van der Waals surface area contributed by atoms with Gasteiger partial charge >= 0.3 is 26.2 Å². The van der Waals surface area contributed by atoms with Crippen molar-refractivity contribution in [1.29, 1.82) is 0 Å². The van der Waals surface area contributed by atoms with Crippen LogP contribution in [0, 0.1) is 81.8 Å². The van der Waals surface area contributed by atoms with Gasteiger partial charge < -0.3 is 24.8 Å². The van der Waals surface area contributed by atoms with Crippen molar-refractivity contribution < 1.29 is 51.0 Å². The molecule has 14 atom stereocenters. The van der Waals surface area contributed by atoms with E-state index in [0.29, 0.717) is 46.3 Å². The molecule has 0 heterocycles. The number of rotatable bonds is 0. The predicted octanol–water partition coefficient (Wildman–Crippen LogP) is 7.22. The van der Waals surface area contributed by atoms with Crippen LogP contribution in [-0.4, -0.2) is 0 Å². The Morgan fingerprint density at radius 2 is 0.774 bits per heavy atom. The fraction of sp³-hybridized carbons (Fsp3) is 0.640. The molecule has 0 bridgehead atoms. The van der Waals surface area contributed by atoms with Crippen LogP contribution in [0.25, 0.3) is 0 Å².